The van der Waals surface area contributed by atoms with Crippen molar-refractivity contribution in [2.24, 2.45) is 0 Å². The van der Waals surface area contributed by atoms with E-state index in [0.29, 0.717) is 31.1 Å². The fourth-order valence-corrected chi connectivity index (χ4v) is 3.81. The number of nitrogens with one attached hydrogen (secondary N) is 1. The van der Waals surface area contributed by atoms with Gasteiger partial charge in [-0.25, -0.2) is 0 Å². The van der Waals surface area contributed by atoms with Crippen LogP contribution in [0.4, 0.5) is 0 Å². The van der Waals surface area contributed by atoms with E-state index in [-0.39, 0.29) is 0 Å². The molecule has 132 valence electrons. The minimum absolute atomic E-state index is 0.447. The van der Waals surface area contributed by atoms with Crippen molar-refractivity contribution in [3.05, 3.63) is 11.7 Å². The van der Waals surface area contributed by atoms with Crippen molar-refractivity contribution in [1.29, 1.82) is 0 Å². The molecule has 1 aromatic rings. The van der Waals surface area contributed by atoms with Gasteiger partial charge in [0.2, 0.25) is 5.89 Å². The summed E-state index contributed by atoms with van der Waals surface area (Å²) in [6, 6.07) is 0. The van der Waals surface area contributed by atoms with Gasteiger partial charge in [0, 0.05) is 14.1 Å². The van der Waals surface area contributed by atoms with Crippen LogP contribution in [0.15, 0.2) is 4.52 Å². The number of aromatic nitrogens is 2. The number of hydrogen-bond donors (Lipinski definition) is 1. The Labute approximate surface area is 138 Å². The van der Waals surface area contributed by atoms with Gasteiger partial charge in [-0.2, -0.15) is 22.4 Å². The molecule has 1 aliphatic rings. The highest BCUT2D eigenvalue weighted by Gasteiger charge is 2.43. The molecule has 0 bridgehead atoms. The normalized spacial score (nSPS) is 18.2. The zero-order valence-electron chi connectivity index (χ0n) is 14.4. The maximum atomic E-state index is 12.3. The van der Waals surface area contributed by atoms with Gasteiger partial charge in [0.05, 0.1) is 12.1 Å². The Balaban J connectivity index is 2.23. The first kappa shape index (κ1) is 18.3. The lowest BCUT2D eigenvalue weighted by atomic mass is 9.98. The van der Waals surface area contributed by atoms with E-state index in [1.165, 1.54) is 18.4 Å². The lowest BCUT2D eigenvalue weighted by molar-refractivity contribution is 0.244. The molecule has 1 fully saturated rings. The summed E-state index contributed by atoms with van der Waals surface area (Å²) in [7, 11) is -0.546. The lowest BCUT2D eigenvalue weighted by Crippen LogP contribution is -2.49. The summed E-state index contributed by atoms with van der Waals surface area (Å²) in [6.45, 7) is 6.52. The van der Waals surface area contributed by atoms with E-state index in [0.717, 1.165) is 25.9 Å². The summed E-state index contributed by atoms with van der Waals surface area (Å²) in [5.41, 5.74) is -0.756. The van der Waals surface area contributed by atoms with Gasteiger partial charge in [-0.15, -0.1) is 0 Å². The molecule has 0 amide bonds. The van der Waals surface area contributed by atoms with Crippen LogP contribution in [0.2, 0.25) is 0 Å². The highest BCUT2D eigenvalue weighted by atomic mass is 32.2. The summed E-state index contributed by atoms with van der Waals surface area (Å²) >= 11 is 0. The van der Waals surface area contributed by atoms with Crippen LogP contribution in [0, 0.1) is 0 Å². The molecule has 0 aromatic carbocycles. The van der Waals surface area contributed by atoms with Crippen LogP contribution in [0.1, 0.15) is 51.2 Å². The zero-order valence-corrected chi connectivity index (χ0v) is 15.2. The second kappa shape index (κ2) is 7.25. The quantitative estimate of drug-likeness (QED) is 0.758. The molecular formula is C14H27N5O3S. The van der Waals surface area contributed by atoms with E-state index in [2.05, 4.69) is 33.6 Å². The van der Waals surface area contributed by atoms with Gasteiger partial charge in [0.1, 0.15) is 0 Å². The van der Waals surface area contributed by atoms with Crippen LogP contribution < -0.4 is 4.72 Å². The smallest absolute Gasteiger partial charge is 0.279 e. The molecule has 1 aromatic heterocycles. The molecule has 9 heteroatoms. The van der Waals surface area contributed by atoms with E-state index < -0.39 is 15.7 Å². The molecule has 1 aliphatic carbocycles. The Morgan fingerprint density at radius 1 is 1.22 bits per heavy atom. The summed E-state index contributed by atoms with van der Waals surface area (Å²) in [4.78, 5) is 6.65. The fraction of sp³-hybridized carbons (Fsp3) is 0.857. The summed E-state index contributed by atoms with van der Waals surface area (Å²) in [5.74, 6) is 0.974. The third-order valence-electron chi connectivity index (χ3n) is 4.41. The molecule has 1 N–H and O–H groups in total. The SMILES string of the molecule is CCN(CC)Cc1nc(C2(NS(=O)(=O)N(C)C)CCCC2)no1. The molecule has 0 saturated heterocycles. The molecule has 1 heterocycles. The first-order valence-corrected chi connectivity index (χ1v) is 9.54. The minimum Gasteiger partial charge on any atom is -0.338 e. The molecule has 2 rings (SSSR count). The van der Waals surface area contributed by atoms with Crippen LogP contribution in [-0.4, -0.2) is 54.9 Å². The fourth-order valence-electron chi connectivity index (χ4n) is 2.84. The topological polar surface area (TPSA) is 91.6 Å². The van der Waals surface area contributed by atoms with Gasteiger partial charge in [-0.3, -0.25) is 4.90 Å². The molecule has 0 radical (unpaired) electrons. The van der Waals surface area contributed by atoms with Crippen molar-refractivity contribution in [2.75, 3.05) is 27.2 Å². The highest BCUT2D eigenvalue weighted by molar-refractivity contribution is 7.87. The molecule has 23 heavy (non-hydrogen) atoms. The van der Waals surface area contributed by atoms with Crippen LogP contribution in [0.25, 0.3) is 0 Å². The molecule has 1 saturated carbocycles. The predicted octanol–water partition coefficient (Wildman–Crippen LogP) is 1.08. The first-order valence-electron chi connectivity index (χ1n) is 8.10. The second-order valence-corrected chi connectivity index (χ2v) is 8.04. The Morgan fingerprint density at radius 2 is 1.83 bits per heavy atom. The third-order valence-corrected chi connectivity index (χ3v) is 6.02. The van der Waals surface area contributed by atoms with Crippen LogP contribution in [0.5, 0.6) is 0 Å². The molecular weight excluding hydrogens is 318 g/mol. The molecule has 8 nitrogen and oxygen atoms in total. The number of nitrogens with zero attached hydrogens (tertiary/aromatic N) is 4. The van der Waals surface area contributed by atoms with E-state index in [9.17, 15) is 8.42 Å². The monoisotopic (exact) mass is 345 g/mol. The average Bonchev–Trinajstić information content (AvgIpc) is 3.14. The van der Waals surface area contributed by atoms with Crippen molar-refractivity contribution in [2.45, 2.75) is 51.6 Å². The van der Waals surface area contributed by atoms with Gasteiger partial charge in [-0.05, 0) is 25.9 Å². The van der Waals surface area contributed by atoms with E-state index >= 15 is 0 Å². The van der Waals surface area contributed by atoms with Crippen LogP contribution >= 0.6 is 0 Å². The van der Waals surface area contributed by atoms with Crippen molar-refractivity contribution in [1.82, 2.24) is 24.1 Å². The zero-order chi connectivity index (χ0) is 17.1. The van der Waals surface area contributed by atoms with E-state index in [1.807, 2.05) is 0 Å². The lowest BCUT2D eigenvalue weighted by Gasteiger charge is -2.28. The predicted molar refractivity (Wildman–Crippen MR) is 86.8 cm³/mol. The molecule has 0 aliphatic heterocycles. The highest BCUT2D eigenvalue weighted by Crippen LogP contribution is 2.38. The molecule has 0 unspecified atom stereocenters. The average molecular weight is 345 g/mol. The maximum absolute atomic E-state index is 12.3. The van der Waals surface area contributed by atoms with Crippen molar-refractivity contribution in [3.63, 3.8) is 0 Å². The standard InChI is InChI=1S/C14H27N5O3S/c1-5-19(6-2)11-12-15-13(16-22-12)14(9-7-8-10-14)17-23(20,21)18(3)4/h17H,5-11H2,1-4H3. The van der Waals surface area contributed by atoms with Crippen LogP contribution in [0.3, 0.4) is 0 Å². The Bertz CT molecular complexity index is 604. The molecule has 0 atom stereocenters. The van der Waals surface area contributed by atoms with E-state index in [1.54, 1.807) is 0 Å². The Hall–Kier alpha value is -1.03. The van der Waals surface area contributed by atoms with Crippen molar-refractivity contribution < 1.29 is 12.9 Å². The Kier molecular flexibility index (Phi) is 5.77. The van der Waals surface area contributed by atoms with Crippen LogP contribution in [-0.2, 0) is 22.3 Å². The van der Waals surface area contributed by atoms with Gasteiger partial charge >= 0.3 is 0 Å². The maximum Gasteiger partial charge on any atom is 0.279 e. The first-order chi connectivity index (χ1) is 10.8. The minimum atomic E-state index is -3.56. The van der Waals surface area contributed by atoms with Gasteiger partial charge in [0.15, 0.2) is 5.82 Å². The van der Waals surface area contributed by atoms with Gasteiger partial charge in [0.25, 0.3) is 10.2 Å². The summed E-state index contributed by atoms with van der Waals surface area (Å²) in [6.07, 6.45) is 3.25. The molecule has 0 spiro atoms. The Morgan fingerprint density at radius 3 is 2.35 bits per heavy atom. The summed E-state index contributed by atoms with van der Waals surface area (Å²) in [5, 5.41) is 4.08. The third kappa shape index (κ3) is 4.09. The van der Waals surface area contributed by atoms with Gasteiger partial charge < -0.3 is 4.52 Å². The number of rotatable bonds is 8. The number of hydrogen-bond acceptors (Lipinski definition) is 6. The van der Waals surface area contributed by atoms with Crippen molar-refractivity contribution >= 4 is 10.2 Å². The summed E-state index contributed by atoms with van der Waals surface area (Å²) < 4.78 is 33.8. The largest absolute Gasteiger partial charge is 0.338 e. The second-order valence-electron chi connectivity index (χ2n) is 6.15. The van der Waals surface area contributed by atoms with Crippen molar-refractivity contribution in [3.8, 4) is 0 Å². The van der Waals surface area contributed by atoms with E-state index in [4.69, 9.17) is 4.52 Å². The van der Waals surface area contributed by atoms with Gasteiger partial charge in [-0.1, -0.05) is 31.8 Å².